The van der Waals surface area contributed by atoms with Gasteiger partial charge >= 0.3 is 0 Å². The Balaban J connectivity index is 2.48. The summed E-state index contributed by atoms with van der Waals surface area (Å²) in [7, 11) is 0. The van der Waals surface area contributed by atoms with Gasteiger partial charge in [0.15, 0.2) is 0 Å². The number of carbonyl (C=O) groups is 1. The highest BCUT2D eigenvalue weighted by atomic mass is 16.2. The van der Waals surface area contributed by atoms with E-state index in [1.54, 1.807) is 6.20 Å². The monoisotopic (exact) mass is 206 g/mol. The molecule has 1 amide bonds. The van der Waals surface area contributed by atoms with Gasteiger partial charge in [0.2, 0.25) is 5.91 Å². The van der Waals surface area contributed by atoms with E-state index in [4.69, 9.17) is 0 Å². The van der Waals surface area contributed by atoms with Crippen LogP contribution in [0.1, 0.15) is 32.9 Å². The second-order valence-electron chi connectivity index (χ2n) is 4.24. The number of hydrogen-bond acceptors (Lipinski definition) is 2. The number of nitrogens with zero attached hydrogens (tertiary/aromatic N) is 1. The molecule has 0 aromatic carbocycles. The molecule has 3 heteroatoms. The lowest BCUT2D eigenvalue weighted by Gasteiger charge is -2.21. The van der Waals surface area contributed by atoms with Crippen molar-refractivity contribution >= 4 is 5.91 Å². The van der Waals surface area contributed by atoms with Gasteiger partial charge in [-0.25, -0.2) is 0 Å². The molecule has 0 aliphatic rings. The number of pyridine rings is 1. The molecule has 1 rings (SSSR count). The minimum atomic E-state index is -0.297. The van der Waals surface area contributed by atoms with Gasteiger partial charge in [-0.2, -0.15) is 0 Å². The minimum Gasteiger partial charge on any atom is -0.350 e. The molecule has 0 atom stereocenters. The van der Waals surface area contributed by atoms with Crippen molar-refractivity contribution in [3.63, 3.8) is 0 Å². The summed E-state index contributed by atoms with van der Waals surface area (Å²) in [5.74, 6) is 0.0793. The average molecular weight is 206 g/mol. The van der Waals surface area contributed by atoms with E-state index < -0.39 is 0 Å². The molecule has 0 aliphatic carbocycles. The normalized spacial score (nSPS) is 11.1. The molecule has 1 aromatic rings. The van der Waals surface area contributed by atoms with E-state index in [0.29, 0.717) is 6.54 Å². The molecule has 0 aliphatic heterocycles. The van der Waals surface area contributed by atoms with Crippen LogP contribution in [0, 0.1) is 5.41 Å². The number of nitrogens with one attached hydrogen (secondary N) is 1. The highest BCUT2D eigenvalue weighted by Crippen LogP contribution is 2.19. The van der Waals surface area contributed by atoms with Gasteiger partial charge < -0.3 is 5.32 Å². The van der Waals surface area contributed by atoms with Crippen LogP contribution >= 0.6 is 0 Å². The van der Waals surface area contributed by atoms with E-state index in [1.807, 2.05) is 39.0 Å². The molecular formula is C12H18N2O. The molecule has 0 bridgehead atoms. The van der Waals surface area contributed by atoms with E-state index in [9.17, 15) is 4.79 Å². The molecule has 82 valence electrons. The van der Waals surface area contributed by atoms with Crippen LogP contribution in [0.3, 0.4) is 0 Å². The summed E-state index contributed by atoms with van der Waals surface area (Å²) < 4.78 is 0. The Bertz CT molecular complexity index is 320. The lowest BCUT2D eigenvalue weighted by atomic mass is 9.89. The number of aromatic nitrogens is 1. The van der Waals surface area contributed by atoms with Crippen LogP contribution in [0.25, 0.3) is 0 Å². The molecule has 3 nitrogen and oxygen atoms in total. The molecule has 15 heavy (non-hydrogen) atoms. The Hall–Kier alpha value is -1.38. The maximum atomic E-state index is 11.7. The molecule has 0 spiro atoms. The number of hydrogen-bond donors (Lipinski definition) is 1. The average Bonchev–Trinajstić information content (AvgIpc) is 2.27. The summed E-state index contributed by atoms with van der Waals surface area (Å²) in [6.07, 6.45) is 2.56. The summed E-state index contributed by atoms with van der Waals surface area (Å²) in [4.78, 5) is 15.9. The molecule has 1 heterocycles. The number of amides is 1. The van der Waals surface area contributed by atoms with Crippen molar-refractivity contribution in [3.8, 4) is 0 Å². The van der Waals surface area contributed by atoms with Gasteiger partial charge in [-0.3, -0.25) is 9.78 Å². The van der Waals surface area contributed by atoms with Gasteiger partial charge in [0, 0.05) is 11.6 Å². The van der Waals surface area contributed by atoms with Crippen LogP contribution in [0.2, 0.25) is 0 Å². The van der Waals surface area contributed by atoms with Gasteiger partial charge in [-0.1, -0.05) is 26.8 Å². The molecular weight excluding hydrogens is 188 g/mol. The zero-order valence-electron chi connectivity index (χ0n) is 9.58. The van der Waals surface area contributed by atoms with Gasteiger partial charge in [0.25, 0.3) is 0 Å². The molecule has 1 aromatic heterocycles. The van der Waals surface area contributed by atoms with Crippen molar-refractivity contribution in [2.75, 3.05) is 0 Å². The van der Waals surface area contributed by atoms with Crippen LogP contribution in [-0.4, -0.2) is 10.9 Å². The summed E-state index contributed by atoms with van der Waals surface area (Å²) >= 11 is 0. The Morgan fingerprint density at radius 2 is 2.20 bits per heavy atom. The Morgan fingerprint density at radius 1 is 1.47 bits per heavy atom. The lowest BCUT2D eigenvalue weighted by molar-refractivity contribution is -0.129. The van der Waals surface area contributed by atoms with Gasteiger partial charge in [-0.15, -0.1) is 0 Å². The first kappa shape index (κ1) is 11.7. The van der Waals surface area contributed by atoms with Gasteiger partial charge in [-0.05, 0) is 18.6 Å². The van der Waals surface area contributed by atoms with Crippen molar-refractivity contribution in [1.82, 2.24) is 10.3 Å². The Kier molecular flexibility index (Phi) is 3.83. The van der Waals surface area contributed by atoms with Crippen LogP contribution in [0.4, 0.5) is 0 Å². The molecule has 0 unspecified atom stereocenters. The van der Waals surface area contributed by atoms with Crippen molar-refractivity contribution in [2.24, 2.45) is 5.41 Å². The number of rotatable bonds is 4. The van der Waals surface area contributed by atoms with Gasteiger partial charge in [0.1, 0.15) is 0 Å². The second-order valence-corrected chi connectivity index (χ2v) is 4.24. The second kappa shape index (κ2) is 4.91. The first-order valence-electron chi connectivity index (χ1n) is 5.24. The third-order valence-corrected chi connectivity index (χ3v) is 2.65. The predicted octanol–water partition coefficient (Wildman–Crippen LogP) is 2.13. The first-order chi connectivity index (χ1) is 7.06. The zero-order valence-corrected chi connectivity index (χ0v) is 9.58. The molecule has 0 saturated carbocycles. The SMILES string of the molecule is CCC(C)(C)C(=O)NCc1ccccn1. The Labute approximate surface area is 90.9 Å². The highest BCUT2D eigenvalue weighted by molar-refractivity contribution is 5.81. The van der Waals surface area contributed by atoms with E-state index in [1.165, 1.54) is 0 Å². The van der Waals surface area contributed by atoms with Gasteiger partial charge in [0.05, 0.1) is 12.2 Å². The van der Waals surface area contributed by atoms with Crippen LogP contribution in [-0.2, 0) is 11.3 Å². The maximum Gasteiger partial charge on any atom is 0.225 e. The third-order valence-electron chi connectivity index (χ3n) is 2.65. The summed E-state index contributed by atoms with van der Waals surface area (Å²) in [5, 5.41) is 2.89. The summed E-state index contributed by atoms with van der Waals surface area (Å²) in [5.41, 5.74) is 0.590. The predicted molar refractivity (Wildman–Crippen MR) is 60.2 cm³/mol. The summed E-state index contributed by atoms with van der Waals surface area (Å²) in [6.45, 7) is 6.41. The highest BCUT2D eigenvalue weighted by Gasteiger charge is 2.24. The van der Waals surface area contributed by atoms with Crippen molar-refractivity contribution in [1.29, 1.82) is 0 Å². The molecule has 0 saturated heterocycles. The first-order valence-corrected chi connectivity index (χ1v) is 5.24. The third kappa shape index (κ3) is 3.35. The minimum absolute atomic E-state index is 0.0793. The largest absolute Gasteiger partial charge is 0.350 e. The standard InChI is InChI=1S/C12H18N2O/c1-4-12(2,3)11(15)14-9-10-7-5-6-8-13-10/h5-8H,4,9H2,1-3H3,(H,14,15). The molecule has 0 radical (unpaired) electrons. The van der Waals surface area contributed by atoms with E-state index in [0.717, 1.165) is 12.1 Å². The topological polar surface area (TPSA) is 42.0 Å². The number of carbonyl (C=O) groups excluding carboxylic acids is 1. The zero-order chi connectivity index (χ0) is 11.3. The van der Waals surface area contributed by atoms with Crippen LogP contribution in [0.15, 0.2) is 24.4 Å². The maximum absolute atomic E-state index is 11.7. The van der Waals surface area contributed by atoms with E-state index >= 15 is 0 Å². The smallest absolute Gasteiger partial charge is 0.225 e. The Morgan fingerprint density at radius 3 is 2.73 bits per heavy atom. The van der Waals surface area contributed by atoms with E-state index in [-0.39, 0.29) is 11.3 Å². The fourth-order valence-corrected chi connectivity index (χ4v) is 1.07. The lowest BCUT2D eigenvalue weighted by Crippen LogP contribution is -2.36. The molecule has 0 fully saturated rings. The summed E-state index contributed by atoms with van der Waals surface area (Å²) in [6, 6.07) is 5.68. The quantitative estimate of drug-likeness (QED) is 0.820. The van der Waals surface area contributed by atoms with Crippen molar-refractivity contribution < 1.29 is 4.79 Å². The molecule has 1 N–H and O–H groups in total. The fourth-order valence-electron chi connectivity index (χ4n) is 1.07. The van der Waals surface area contributed by atoms with Crippen molar-refractivity contribution in [3.05, 3.63) is 30.1 Å². The van der Waals surface area contributed by atoms with Crippen LogP contribution < -0.4 is 5.32 Å². The van der Waals surface area contributed by atoms with Crippen LogP contribution in [0.5, 0.6) is 0 Å². The fraction of sp³-hybridized carbons (Fsp3) is 0.500. The van der Waals surface area contributed by atoms with E-state index in [2.05, 4.69) is 10.3 Å². The van der Waals surface area contributed by atoms with Crippen molar-refractivity contribution in [2.45, 2.75) is 33.7 Å².